The molecular formula is C10H13N5O3S. The fourth-order valence-corrected chi connectivity index (χ4v) is 2.77. The van der Waals surface area contributed by atoms with Crippen molar-refractivity contribution in [2.24, 2.45) is 0 Å². The Morgan fingerprint density at radius 3 is 2.79 bits per heavy atom. The van der Waals surface area contributed by atoms with Crippen LogP contribution in [0, 0.1) is 0 Å². The molecule has 19 heavy (non-hydrogen) atoms. The molecule has 1 aliphatic heterocycles. The molecule has 4 N–H and O–H groups in total. The molecule has 4 atom stereocenters. The zero-order valence-corrected chi connectivity index (χ0v) is 10.9. The summed E-state index contributed by atoms with van der Waals surface area (Å²) in [5.41, 5.74) is 6.12. The third-order valence-corrected chi connectivity index (χ3v) is 3.94. The molecule has 0 aromatic carbocycles. The predicted molar refractivity (Wildman–Crippen MR) is 69.2 cm³/mol. The van der Waals surface area contributed by atoms with Gasteiger partial charge in [0.1, 0.15) is 29.5 Å². The molecule has 2 aromatic rings. The summed E-state index contributed by atoms with van der Waals surface area (Å²) in [6.45, 7) is 0. The molecule has 9 heteroatoms. The zero-order chi connectivity index (χ0) is 13.6. The minimum Gasteiger partial charge on any atom is -0.387 e. The number of hydrogen-bond acceptors (Lipinski definition) is 8. The van der Waals surface area contributed by atoms with Crippen molar-refractivity contribution in [1.82, 2.24) is 19.5 Å². The van der Waals surface area contributed by atoms with E-state index in [4.69, 9.17) is 10.5 Å². The molecule has 0 saturated carbocycles. The Labute approximate surface area is 112 Å². The van der Waals surface area contributed by atoms with Crippen molar-refractivity contribution in [3.05, 3.63) is 12.7 Å². The fourth-order valence-electron chi connectivity index (χ4n) is 2.11. The quantitative estimate of drug-likeness (QED) is 0.665. The molecule has 1 saturated heterocycles. The fraction of sp³-hybridized carbons (Fsp3) is 0.500. The van der Waals surface area contributed by atoms with Crippen LogP contribution in [-0.4, -0.2) is 53.6 Å². The van der Waals surface area contributed by atoms with Crippen LogP contribution in [0.25, 0.3) is 11.2 Å². The minimum absolute atomic E-state index is 0.262. The first kappa shape index (κ1) is 12.6. The Morgan fingerprint density at radius 2 is 2.11 bits per heavy atom. The van der Waals surface area contributed by atoms with Crippen molar-refractivity contribution in [2.45, 2.75) is 23.9 Å². The van der Waals surface area contributed by atoms with Gasteiger partial charge in [0.25, 0.3) is 0 Å². The molecule has 0 radical (unpaired) electrons. The van der Waals surface area contributed by atoms with Gasteiger partial charge in [0.2, 0.25) is 0 Å². The van der Waals surface area contributed by atoms with Gasteiger partial charge in [0.15, 0.2) is 17.7 Å². The zero-order valence-electron chi connectivity index (χ0n) is 10.0. The first-order chi connectivity index (χ1) is 9.13. The molecule has 3 heterocycles. The van der Waals surface area contributed by atoms with Gasteiger partial charge >= 0.3 is 0 Å². The third-order valence-electron chi connectivity index (χ3n) is 3.09. The van der Waals surface area contributed by atoms with Crippen molar-refractivity contribution in [2.75, 3.05) is 12.0 Å². The van der Waals surface area contributed by atoms with Crippen molar-refractivity contribution in [3.8, 4) is 0 Å². The van der Waals surface area contributed by atoms with Gasteiger partial charge in [-0.05, 0) is 6.26 Å². The summed E-state index contributed by atoms with van der Waals surface area (Å²) >= 11 is 1.33. The van der Waals surface area contributed by atoms with Crippen LogP contribution in [0.5, 0.6) is 0 Å². The van der Waals surface area contributed by atoms with Crippen LogP contribution in [0.2, 0.25) is 0 Å². The monoisotopic (exact) mass is 283 g/mol. The van der Waals surface area contributed by atoms with Gasteiger partial charge in [0, 0.05) is 0 Å². The van der Waals surface area contributed by atoms with E-state index in [0.717, 1.165) is 0 Å². The van der Waals surface area contributed by atoms with E-state index in [-0.39, 0.29) is 5.82 Å². The lowest BCUT2D eigenvalue weighted by molar-refractivity contribution is -0.0192. The number of anilines is 1. The molecule has 3 rings (SSSR count). The topological polar surface area (TPSA) is 119 Å². The number of ether oxygens (including phenoxy) is 1. The van der Waals surface area contributed by atoms with Gasteiger partial charge in [0.05, 0.1) is 6.33 Å². The molecule has 2 aromatic heterocycles. The number of aliphatic hydroxyl groups is 2. The second-order valence-corrected chi connectivity index (χ2v) is 5.13. The number of hydrogen-bond donors (Lipinski definition) is 3. The van der Waals surface area contributed by atoms with Gasteiger partial charge in [-0.2, -0.15) is 0 Å². The van der Waals surface area contributed by atoms with Crippen molar-refractivity contribution in [1.29, 1.82) is 0 Å². The van der Waals surface area contributed by atoms with Crippen LogP contribution in [0.4, 0.5) is 5.82 Å². The lowest BCUT2D eigenvalue weighted by Crippen LogP contribution is -2.30. The van der Waals surface area contributed by atoms with Crippen LogP contribution in [0.3, 0.4) is 0 Å². The smallest absolute Gasteiger partial charge is 0.167 e. The lowest BCUT2D eigenvalue weighted by atomic mass is 10.2. The number of nitrogens with zero attached hydrogens (tertiary/aromatic N) is 4. The standard InChI is InChI=1S/C10H13N5O3S/c1-19-10-6(17)5(16)9(18-10)15-3-14-4-7(11)12-2-13-8(4)15/h2-3,5-6,9-10,16-17H,1H3,(H2,11,12,13)/t5-,6+,9-,10-/m1/s1. The van der Waals surface area contributed by atoms with Gasteiger partial charge in [-0.1, -0.05) is 0 Å². The molecule has 0 amide bonds. The van der Waals surface area contributed by atoms with Crippen LogP contribution in [0.1, 0.15) is 6.23 Å². The molecule has 1 aliphatic rings. The van der Waals surface area contributed by atoms with E-state index in [1.54, 1.807) is 10.8 Å². The maximum Gasteiger partial charge on any atom is 0.167 e. The normalized spacial score (nSPS) is 31.1. The predicted octanol–water partition coefficient (Wildman–Crippen LogP) is -0.652. The van der Waals surface area contributed by atoms with Gasteiger partial charge in [-0.15, -0.1) is 11.8 Å². The summed E-state index contributed by atoms with van der Waals surface area (Å²) in [4.78, 5) is 12.0. The van der Waals surface area contributed by atoms with Gasteiger partial charge in [-0.3, -0.25) is 4.57 Å². The van der Waals surface area contributed by atoms with E-state index >= 15 is 0 Å². The average molecular weight is 283 g/mol. The number of thioether (sulfide) groups is 1. The van der Waals surface area contributed by atoms with Crippen molar-refractivity contribution in [3.63, 3.8) is 0 Å². The summed E-state index contributed by atoms with van der Waals surface area (Å²) in [5, 5.41) is 19.9. The Balaban J connectivity index is 2.04. The molecule has 102 valence electrons. The van der Waals surface area contributed by atoms with Crippen molar-refractivity contribution < 1.29 is 14.9 Å². The van der Waals surface area contributed by atoms with Crippen LogP contribution >= 0.6 is 11.8 Å². The highest BCUT2D eigenvalue weighted by molar-refractivity contribution is 7.99. The van der Waals surface area contributed by atoms with Crippen molar-refractivity contribution >= 4 is 28.7 Å². The number of aromatic nitrogens is 4. The molecule has 0 bridgehead atoms. The summed E-state index contributed by atoms with van der Waals surface area (Å²) in [6, 6.07) is 0. The van der Waals surface area contributed by atoms with E-state index in [2.05, 4.69) is 15.0 Å². The largest absolute Gasteiger partial charge is 0.387 e. The summed E-state index contributed by atoms with van der Waals surface area (Å²) < 4.78 is 7.17. The summed E-state index contributed by atoms with van der Waals surface area (Å²) in [6.07, 6.45) is 1.84. The number of aliphatic hydroxyl groups excluding tert-OH is 2. The number of fused-ring (bicyclic) bond motifs is 1. The summed E-state index contributed by atoms with van der Waals surface area (Å²) in [5.74, 6) is 0.262. The molecule has 8 nitrogen and oxygen atoms in total. The van der Waals surface area contributed by atoms with E-state index in [1.165, 1.54) is 24.4 Å². The Hall–Kier alpha value is -1.42. The SMILES string of the molecule is CS[C@H]1O[C@@H](n2cnc3c(N)ncnc32)[C@H](O)[C@@H]1O. The number of nitrogen functional groups attached to an aromatic ring is 1. The average Bonchev–Trinajstić information content (AvgIpc) is 2.94. The second-order valence-electron chi connectivity index (χ2n) is 4.19. The highest BCUT2D eigenvalue weighted by atomic mass is 32.2. The van der Waals surface area contributed by atoms with Gasteiger partial charge < -0.3 is 20.7 Å². The first-order valence-electron chi connectivity index (χ1n) is 5.61. The summed E-state index contributed by atoms with van der Waals surface area (Å²) in [7, 11) is 0. The number of nitrogens with two attached hydrogens (primary N) is 1. The number of imidazole rings is 1. The molecular weight excluding hydrogens is 270 g/mol. The van der Waals surface area contributed by atoms with Crippen LogP contribution in [-0.2, 0) is 4.74 Å². The van der Waals surface area contributed by atoms with Gasteiger partial charge in [-0.25, -0.2) is 15.0 Å². The van der Waals surface area contributed by atoms with E-state index < -0.39 is 23.9 Å². The Morgan fingerprint density at radius 1 is 1.32 bits per heavy atom. The van der Waals surface area contributed by atoms with E-state index in [9.17, 15) is 10.2 Å². The second kappa shape index (κ2) is 4.60. The first-order valence-corrected chi connectivity index (χ1v) is 6.89. The van der Waals surface area contributed by atoms with E-state index in [0.29, 0.717) is 11.2 Å². The molecule has 0 aliphatic carbocycles. The third kappa shape index (κ3) is 1.86. The Kier molecular flexibility index (Phi) is 3.05. The van der Waals surface area contributed by atoms with Crippen LogP contribution in [0.15, 0.2) is 12.7 Å². The number of rotatable bonds is 2. The highest BCUT2D eigenvalue weighted by Crippen LogP contribution is 2.35. The minimum atomic E-state index is -1.05. The Bertz CT molecular complexity index is 606. The maximum atomic E-state index is 10.0. The van der Waals surface area contributed by atoms with Crippen LogP contribution < -0.4 is 5.73 Å². The molecule has 0 unspecified atom stereocenters. The maximum absolute atomic E-state index is 10.0. The highest BCUT2D eigenvalue weighted by Gasteiger charge is 2.43. The lowest BCUT2D eigenvalue weighted by Gasteiger charge is -2.16. The molecule has 0 spiro atoms. The van der Waals surface area contributed by atoms with E-state index in [1.807, 2.05) is 0 Å². The molecule has 1 fully saturated rings.